The van der Waals surface area contributed by atoms with Gasteiger partial charge >= 0.3 is 0 Å². The second-order valence-corrected chi connectivity index (χ2v) is 6.50. The monoisotopic (exact) mass is 290 g/mol. The maximum Gasteiger partial charge on any atom is 0.274 e. The first-order chi connectivity index (χ1) is 9.87. The summed E-state index contributed by atoms with van der Waals surface area (Å²) in [4.78, 5) is 35.9. The zero-order valence-electron chi connectivity index (χ0n) is 12.9. The lowest BCUT2D eigenvalue weighted by molar-refractivity contribution is -0.134. The summed E-state index contributed by atoms with van der Waals surface area (Å²) in [6.07, 6.45) is 5.06. The van der Waals surface area contributed by atoms with E-state index >= 15 is 0 Å². The number of hydrogen-bond donors (Lipinski definition) is 0. The Balaban J connectivity index is 1.89. The second-order valence-electron chi connectivity index (χ2n) is 6.50. The molecule has 6 heteroatoms. The van der Waals surface area contributed by atoms with Gasteiger partial charge in [0.1, 0.15) is 5.69 Å². The molecule has 0 aliphatic carbocycles. The van der Waals surface area contributed by atoms with E-state index in [1.54, 1.807) is 11.1 Å². The largest absolute Gasteiger partial charge is 0.339 e. The number of carbonyl (C=O) groups excluding carboxylic acids is 2. The third-order valence-corrected chi connectivity index (χ3v) is 3.38. The van der Waals surface area contributed by atoms with Gasteiger partial charge in [-0.15, -0.1) is 0 Å². The summed E-state index contributed by atoms with van der Waals surface area (Å²) < 4.78 is 0. The highest BCUT2D eigenvalue weighted by atomic mass is 16.2. The molecular weight excluding hydrogens is 268 g/mol. The highest BCUT2D eigenvalue weighted by Crippen LogP contribution is 2.20. The van der Waals surface area contributed by atoms with Gasteiger partial charge in [-0.1, -0.05) is 20.8 Å². The molecule has 21 heavy (non-hydrogen) atoms. The predicted octanol–water partition coefficient (Wildman–Crippen LogP) is 1.20. The normalized spacial score (nSPS) is 16.0. The van der Waals surface area contributed by atoms with E-state index in [1.165, 1.54) is 12.4 Å². The Labute approximate surface area is 125 Å². The minimum atomic E-state index is -0.119. The molecule has 1 aromatic heterocycles. The number of rotatable bonds is 2. The highest BCUT2D eigenvalue weighted by molar-refractivity contribution is 5.92. The Bertz CT molecular complexity index is 502. The molecule has 114 valence electrons. The Morgan fingerprint density at radius 3 is 2.24 bits per heavy atom. The van der Waals surface area contributed by atoms with Gasteiger partial charge in [0, 0.05) is 45.0 Å². The van der Waals surface area contributed by atoms with Crippen LogP contribution < -0.4 is 0 Å². The number of aromatic nitrogens is 2. The van der Waals surface area contributed by atoms with Crippen molar-refractivity contribution in [3.63, 3.8) is 0 Å². The summed E-state index contributed by atoms with van der Waals surface area (Å²) in [7, 11) is 0. The van der Waals surface area contributed by atoms with Crippen molar-refractivity contribution in [1.82, 2.24) is 19.8 Å². The van der Waals surface area contributed by atoms with Crippen LogP contribution in [0.3, 0.4) is 0 Å². The van der Waals surface area contributed by atoms with Crippen molar-refractivity contribution in [2.45, 2.75) is 27.2 Å². The molecule has 0 radical (unpaired) electrons. The minimum absolute atomic E-state index is 0.0103. The van der Waals surface area contributed by atoms with Gasteiger partial charge in [-0.2, -0.15) is 0 Å². The van der Waals surface area contributed by atoms with Crippen molar-refractivity contribution in [3.8, 4) is 0 Å². The average molecular weight is 290 g/mol. The molecule has 1 aliphatic rings. The van der Waals surface area contributed by atoms with Crippen LogP contribution in [0.4, 0.5) is 0 Å². The maximum atomic E-state index is 12.2. The van der Waals surface area contributed by atoms with Gasteiger partial charge in [-0.3, -0.25) is 14.6 Å². The van der Waals surface area contributed by atoms with Crippen molar-refractivity contribution in [2.24, 2.45) is 5.41 Å². The zero-order chi connectivity index (χ0) is 15.5. The molecule has 1 saturated heterocycles. The lowest BCUT2D eigenvalue weighted by Gasteiger charge is -2.35. The molecule has 0 N–H and O–H groups in total. The van der Waals surface area contributed by atoms with Gasteiger partial charge in [-0.05, 0) is 5.41 Å². The SMILES string of the molecule is CC(C)(C)CC(=O)N1CCN(C(=O)c2cnccn2)CC1. The Morgan fingerprint density at radius 1 is 1.10 bits per heavy atom. The lowest BCUT2D eigenvalue weighted by atomic mass is 9.91. The smallest absolute Gasteiger partial charge is 0.274 e. The van der Waals surface area contributed by atoms with E-state index in [0.29, 0.717) is 38.3 Å². The molecule has 1 fully saturated rings. The lowest BCUT2D eigenvalue weighted by Crippen LogP contribution is -2.51. The number of carbonyl (C=O) groups is 2. The fourth-order valence-electron chi connectivity index (χ4n) is 2.30. The molecule has 2 rings (SSSR count). The van der Waals surface area contributed by atoms with E-state index in [9.17, 15) is 9.59 Å². The zero-order valence-corrected chi connectivity index (χ0v) is 12.9. The molecule has 0 aromatic carbocycles. The van der Waals surface area contributed by atoms with E-state index < -0.39 is 0 Å². The number of nitrogens with zero attached hydrogens (tertiary/aromatic N) is 4. The van der Waals surface area contributed by atoms with Crippen LogP contribution in [0.1, 0.15) is 37.7 Å². The summed E-state index contributed by atoms with van der Waals surface area (Å²) in [5.74, 6) is 0.0418. The summed E-state index contributed by atoms with van der Waals surface area (Å²) in [5, 5.41) is 0. The summed E-state index contributed by atoms with van der Waals surface area (Å²) in [6, 6.07) is 0. The predicted molar refractivity (Wildman–Crippen MR) is 78.6 cm³/mol. The molecule has 0 atom stereocenters. The van der Waals surface area contributed by atoms with Crippen molar-refractivity contribution >= 4 is 11.8 Å². The van der Waals surface area contributed by atoms with Gasteiger partial charge < -0.3 is 9.80 Å². The fraction of sp³-hybridized carbons (Fsp3) is 0.600. The van der Waals surface area contributed by atoms with Crippen molar-refractivity contribution in [3.05, 3.63) is 24.3 Å². The third kappa shape index (κ3) is 4.24. The first kappa shape index (κ1) is 15.4. The van der Waals surface area contributed by atoms with Gasteiger partial charge in [0.25, 0.3) is 5.91 Å². The average Bonchev–Trinajstić information content (AvgIpc) is 2.46. The Kier molecular flexibility index (Phi) is 4.55. The molecule has 0 bridgehead atoms. The number of amides is 2. The quantitative estimate of drug-likeness (QED) is 0.821. The fourth-order valence-corrected chi connectivity index (χ4v) is 2.30. The van der Waals surface area contributed by atoms with Crippen LogP contribution in [0, 0.1) is 5.41 Å². The first-order valence-corrected chi connectivity index (χ1v) is 7.20. The summed E-state index contributed by atoms with van der Waals surface area (Å²) in [6.45, 7) is 8.43. The molecular formula is C15H22N4O2. The van der Waals surface area contributed by atoms with Crippen LogP contribution in [0.15, 0.2) is 18.6 Å². The van der Waals surface area contributed by atoms with Gasteiger partial charge in [0.05, 0.1) is 6.20 Å². The summed E-state index contributed by atoms with van der Waals surface area (Å²) in [5.41, 5.74) is 0.343. The van der Waals surface area contributed by atoms with E-state index in [0.717, 1.165) is 0 Å². The summed E-state index contributed by atoms with van der Waals surface area (Å²) >= 11 is 0. The van der Waals surface area contributed by atoms with Crippen LogP contribution in [0.25, 0.3) is 0 Å². The van der Waals surface area contributed by atoms with Crippen molar-refractivity contribution < 1.29 is 9.59 Å². The van der Waals surface area contributed by atoms with Crippen LogP contribution in [0.2, 0.25) is 0 Å². The standard InChI is InChI=1S/C15H22N4O2/c1-15(2,3)10-13(20)18-6-8-19(9-7-18)14(21)12-11-16-4-5-17-12/h4-5,11H,6-10H2,1-3H3. The van der Waals surface area contributed by atoms with Crippen molar-refractivity contribution in [1.29, 1.82) is 0 Å². The molecule has 2 amide bonds. The van der Waals surface area contributed by atoms with Crippen LogP contribution in [-0.4, -0.2) is 57.8 Å². The minimum Gasteiger partial charge on any atom is -0.339 e. The maximum absolute atomic E-state index is 12.2. The molecule has 0 saturated carbocycles. The molecule has 0 spiro atoms. The van der Waals surface area contributed by atoms with Crippen molar-refractivity contribution in [2.75, 3.05) is 26.2 Å². The van der Waals surface area contributed by atoms with E-state index in [2.05, 4.69) is 30.7 Å². The Morgan fingerprint density at radius 2 is 1.71 bits per heavy atom. The third-order valence-electron chi connectivity index (χ3n) is 3.38. The van der Waals surface area contributed by atoms with E-state index in [4.69, 9.17) is 0 Å². The van der Waals surface area contributed by atoms with Gasteiger partial charge in [0.2, 0.25) is 5.91 Å². The van der Waals surface area contributed by atoms with Crippen LogP contribution in [0.5, 0.6) is 0 Å². The Hall–Kier alpha value is -1.98. The molecule has 0 unspecified atom stereocenters. The van der Waals surface area contributed by atoms with Crippen LogP contribution in [-0.2, 0) is 4.79 Å². The van der Waals surface area contributed by atoms with Crippen LogP contribution >= 0.6 is 0 Å². The molecule has 6 nitrogen and oxygen atoms in total. The van der Waals surface area contributed by atoms with E-state index in [1.807, 2.05) is 4.90 Å². The van der Waals surface area contributed by atoms with Gasteiger partial charge in [0.15, 0.2) is 0 Å². The number of piperazine rings is 1. The first-order valence-electron chi connectivity index (χ1n) is 7.20. The second kappa shape index (κ2) is 6.20. The van der Waals surface area contributed by atoms with E-state index in [-0.39, 0.29) is 17.2 Å². The molecule has 2 heterocycles. The molecule has 1 aliphatic heterocycles. The highest BCUT2D eigenvalue weighted by Gasteiger charge is 2.27. The topological polar surface area (TPSA) is 66.4 Å². The molecule has 1 aromatic rings. The van der Waals surface area contributed by atoms with Gasteiger partial charge in [-0.25, -0.2) is 4.98 Å². The number of hydrogen-bond acceptors (Lipinski definition) is 4.